The van der Waals surface area contributed by atoms with Gasteiger partial charge in [0, 0.05) is 32.7 Å². The van der Waals surface area contributed by atoms with Crippen molar-refractivity contribution in [2.75, 3.05) is 14.2 Å². The van der Waals surface area contributed by atoms with Gasteiger partial charge in [0.25, 0.3) is 0 Å². The number of carbonyl (C=O) groups excluding carboxylic acids is 5. The van der Waals surface area contributed by atoms with Crippen molar-refractivity contribution in [1.82, 2.24) is 4.90 Å². The second-order valence-electron chi connectivity index (χ2n) is 9.26. The van der Waals surface area contributed by atoms with Gasteiger partial charge in [-0.05, 0) is 43.9 Å². The molecule has 0 saturated carbocycles. The highest BCUT2D eigenvalue weighted by Crippen LogP contribution is 2.57. The molecule has 1 aromatic carbocycles. The van der Waals surface area contributed by atoms with Crippen LogP contribution in [-0.2, 0) is 23.9 Å². The second-order valence-corrected chi connectivity index (χ2v) is 10.2. The summed E-state index contributed by atoms with van der Waals surface area (Å²) in [4.78, 5) is 65.6. The van der Waals surface area contributed by atoms with Crippen molar-refractivity contribution in [3.63, 3.8) is 0 Å². The largest absolute Gasteiger partial charge is 0.504 e. The number of imide groups is 3. The lowest BCUT2D eigenvalue weighted by molar-refractivity contribution is -0.137. The number of aromatic hydroxyl groups is 1. The summed E-state index contributed by atoms with van der Waals surface area (Å²) in [6.07, 6.45) is 2.25. The van der Waals surface area contributed by atoms with Gasteiger partial charge in [0.15, 0.2) is 23.1 Å². The maximum Gasteiger partial charge on any atom is 0.423 e. The van der Waals surface area contributed by atoms with Crippen LogP contribution in [0.4, 0.5) is 4.79 Å². The minimum Gasteiger partial charge on any atom is -0.504 e. The summed E-state index contributed by atoms with van der Waals surface area (Å²) in [7, 11) is 2.49. The fourth-order valence-corrected chi connectivity index (χ4v) is 6.41. The lowest BCUT2D eigenvalue weighted by Crippen LogP contribution is -2.40. The Morgan fingerprint density at radius 3 is 2.50 bits per heavy atom. The van der Waals surface area contributed by atoms with E-state index in [1.54, 1.807) is 25.1 Å². The number of amides is 3. The summed E-state index contributed by atoms with van der Waals surface area (Å²) in [5, 5.41) is 11.1. The van der Waals surface area contributed by atoms with E-state index in [9.17, 15) is 29.1 Å². The molecule has 1 N–H and O–H groups in total. The fraction of sp³-hybridized carbons (Fsp3) is 0.346. The summed E-state index contributed by atoms with van der Waals surface area (Å²) in [6.45, 7) is 1.56. The molecule has 186 valence electrons. The number of halogens is 1. The molecule has 1 heterocycles. The van der Waals surface area contributed by atoms with E-state index in [2.05, 4.69) is 20.7 Å². The van der Waals surface area contributed by atoms with Crippen LogP contribution < -0.4 is 4.74 Å². The van der Waals surface area contributed by atoms with Gasteiger partial charge in [-0.15, -0.1) is 0 Å². The molecule has 0 spiro atoms. The Morgan fingerprint density at radius 2 is 1.83 bits per heavy atom. The molecule has 1 aliphatic heterocycles. The van der Waals surface area contributed by atoms with E-state index in [4.69, 9.17) is 4.74 Å². The number of likely N-dealkylation sites (tertiary alicyclic amines) is 1. The average Bonchev–Trinajstić information content (AvgIpc) is 3.12. The molecule has 9 nitrogen and oxygen atoms in total. The first-order chi connectivity index (χ1) is 17.1. The molecule has 5 rings (SSSR count). The van der Waals surface area contributed by atoms with E-state index < -0.39 is 41.6 Å². The Morgan fingerprint density at radius 1 is 1.11 bits per heavy atom. The maximum atomic E-state index is 13.4. The predicted octanol–water partition coefficient (Wildman–Crippen LogP) is 3.36. The zero-order valence-corrected chi connectivity index (χ0v) is 21.2. The fourth-order valence-electron chi connectivity index (χ4n) is 5.96. The molecule has 36 heavy (non-hydrogen) atoms. The van der Waals surface area contributed by atoms with Crippen molar-refractivity contribution in [2.24, 2.45) is 17.8 Å². The maximum absolute atomic E-state index is 13.4. The molecule has 10 heteroatoms. The van der Waals surface area contributed by atoms with Gasteiger partial charge in [0.1, 0.15) is 0 Å². The van der Waals surface area contributed by atoms with Gasteiger partial charge in [0.2, 0.25) is 11.8 Å². The number of Topliss-reactive ketones (excluding diaryl/α,β-unsaturated/α-hetero) is 1. The highest BCUT2D eigenvalue weighted by molar-refractivity contribution is 9.10. The number of ketones is 2. The molecule has 0 unspecified atom stereocenters. The monoisotopic (exact) mass is 555 g/mol. The zero-order chi connectivity index (χ0) is 26.0. The van der Waals surface area contributed by atoms with Gasteiger partial charge in [-0.3, -0.25) is 19.2 Å². The zero-order valence-electron chi connectivity index (χ0n) is 19.7. The Labute approximate surface area is 214 Å². The van der Waals surface area contributed by atoms with E-state index in [1.165, 1.54) is 13.2 Å². The van der Waals surface area contributed by atoms with E-state index in [0.717, 1.165) is 7.11 Å². The Hall–Kier alpha value is -3.53. The lowest BCUT2D eigenvalue weighted by atomic mass is 9.59. The number of nitrogens with zero attached hydrogens (tertiary/aromatic N) is 1. The van der Waals surface area contributed by atoms with Crippen LogP contribution in [0.15, 0.2) is 51.0 Å². The Bertz CT molecular complexity index is 1370. The van der Waals surface area contributed by atoms with Gasteiger partial charge >= 0.3 is 6.09 Å². The lowest BCUT2D eigenvalue weighted by Gasteiger charge is -2.42. The van der Waals surface area contributed by atoms with Gasteiger partial charge in [-0.2, -0.15) is 4.90 Å². The molecule has 0 aromatic heterocycles. The smallest absolute Gasteiger partial charge is 0.423 e. The molecule has 3 aliphatic carbocycles. The van der Waals surface area contributed by atoms with Crippen LogP contribution in [0, 0.1) is 17.8 Å². The number of methoxy groups -OCH3 is 2. The summed E-state index contributed by atoms with van der Waals surface area (Å²) < 4.78 is 10.5. The minimum absolute atomic E-state index is 0.0626. The standard InChI is InChI=1S/C26H22BrNO8/c1-10-6-17(29)15-9-14-12(4-5-13-20(14)25(33)28(24(13)32)26(34)36-3)19(21(15)22(10)30)16-7-11(27)8-18(35-2)23(16)31/h4,6-8,13-14,19-20,31H,5,9H2,1-3H3/t13-,14+,19+,20-/m0/s1. The normalized spacial score (nSPS) is 27.3. The molecule has 1 aromatic rings. The highest BCUT2D eigenvalue weighted by atomic mass is 79.9. The van der Waals surface area contributed by atoms with E-state index in [-0.39, 0.29) is 52.6 Å². The summed E-state index contributed by atoms with van der Waals surface area (Å²) >= 11 is 3.42. The van der Waals surface area contributed by atoms with Gasteiger partial charge in [-0.1, -0.05) is 27.6 Å². The van der Waals surface area contributed by atoms with Crippen molar-refractivity contribution in [2.45, 2.75) is 25.7 Å². The first-order valence-corrected chi connectivity index (χ1v) is 12.1. The van der Waals surface area contributed by atoms with Gasteiger partial charge < -0.3 is 14.6 Å². The summed E-state index contributed by atoms with van der Waals surface area (Å²) in [5.74, 6) is -5.19. The third-order valence-corrected chi connectivity index (χ3v) is 7.98. The van der Waals surface area contributed by atoms with Crippen LogP contribution in [0.25, 0.3) is 0 Å². The topological polar surface area (TPSA) is 127 Å². The van der Waals surface area contributed by atoms with Crippen molar-refractivity contribution in [3.8, 4) is 11.5 Å². The van der Waals surface area contributed by atoms with Crippen molar-refractivity contribution >= 4 is 45.4 Å². The van der Waals surface area contributed by atoms with Crippen molar-refractivity contribution in [1.29, 1.82) is 0 Å². The quantitative estimate of drug-likeness (QED) is 0.334. The predicted molar refractivity (Wildman–Crippen MR) is 128 cm³/mol. The molecule has 3 amide bonds. The number of benzene rings is 1. The van der Waals surface area contributed by atoms with E-state index in [1.807, 2.05) is 0 Å². The van der Waals surface area contributed by atoms with Crippen LogP contribution in [-0.4, -0.2) is 53.7 Å². The number of carbonyl (C=O) groups is 5. The number of hydrogen-bond acceptors (Lipinski definition) is 8. The Balaban J connectivity index is 1.73. The van der Waals surface area contributed by atoms with Crippen LogP contribution in [0.3, 0.4) is 0 Å². The average molecular weight is 556 g/mol. The van der Waals surface area contributed by atoms with Crippen molar-refractivity contribution < 1.29 is 38.6 Å². The molecular weight excluding hydrogens is 534 g/mol. The third kappa shape index (κ3) is 3.31. The SMILES string of the molecule is COC(=O)N1C(=O)[C@H]2[C@H](CC=C3[C@H](c4cc(Br)cc(OC)c4O)C4=C(C[C@H]32)C(=O)C=C(C)C4=O)C1=O. The van der Waals surface area contributed by atoms with Crippen LogP contribution in [0.1, 0.15) is 31.2 Å². The number of ether oxygens (including phenoxy) is 2. The number of phenolic OH excluding ortho intramolecular Hbond substituents is 1. The minimum atomic E-state index is -1.05. The molecule has 1 fully saturated rings. The summed E-state index contributed by atoms with van der Waals surface area (Å²) in [6, 6.07) is 3.22. The van der Waals surface area contributed by atoms with E-state index >= 15 is 0 Å². The first-order valence-electron chi connectivity index (χ1n) is 11.3. The van der Waals surface area contributed by atoms with E-state index in [0.29, 0.717) is 20.5 Å². The number of allylic oxidation sites excluding steroid dienone is 6. The number of phenols is 1. The number of rotatable bonds is 2. The molecule has 0 radical (unpaired) electrons. The van der Waals surface area contributed by atoms with Crippen LogP contribution in [0.5, 0.6) is 11.5 Å². The van der Waals surface area contributed by atoms with Gasteiger partial charge in [0.05, 0.1) is 26.1 Å². The van der Waals surface area contributed by atoms with Gasteiger partial charge in [-0.25, -0.2) is 4.79 Å². The molecule has 0 bridgehead atoms. The molecule has 1 saturated heterocycles. The molecule has 4 aliphatic rings. The van der Waals surface area contributed by atoms with Crippen molar-refractivity contribution in [3.05, 3.63) is 56.6 Å². The Kier molecular flexibility index (Phi) is 5.74. The highest BCUT2D eigenvalue weighted by Gasteiger charge is 2.58. The van der Waals surface area contributed by atoms with Crippen LogP contribution in [0.2, 0.25) is 0 Å². The molecular formula is C26H22BrNO8. The first kappa shape index (κ1) is 24.2. The second kappa shape index (κ2) is 8.55. The third-order valence-electron chi connectivity index (χ3n) is 7.52. The van der Waals surface area contributed by atoms with Crippen LogP contribution >= 0.6 is 15.9 Å². The number of hydrogen-bond donors (Lipinski definition) is 1. The number of fused-ring (bicyclic) bond motifs is 3. The molecule has 4 atom stereocenters. The summed E-state index contributed by atoms with van der Waals surface area (Å²) in [5.41, 5.74) is 1.75.